The average Bonchev–Trinajstić information content (AvgIpc) is 2.59. The fourth-order valence-corrected chi connectivity index (χ4v) is 3.03. The lowest BCUT2D eigenvalue weighted by Gasteiger charge is -2.38. The number of hydrogen-bond acceptors (Lipinski definition) is 4. The number of nitrogens with two attached hydrogens (primary N) is 1. The fourth-order valence-electron chi connectivity index (χ4n) is 3.03. The van der Waals surface area contributed by atoms with Gasteiger partial charge in [0, 0.05) is 18.2 Å². The van der Waals surface area contributed by atoms with E-state index in [4.69, 9.17) is 15.2 Å². The Hall–Kier alpha value is -2.24. The number of likely N-dealkylation sites (tertiary alicyclic amines) is 1. The molecule has 2 atom stereocenters. The zero-order valence-electron chi connectivity index (χ0n) is 14.6. The maximum absolute atomic E-state index is 12.9. The molecule has 132 valence electrons. The van der Waals surface area contributed by atoms with Gasteiger partial charge in [0.15, 0.2) is 18.1 Å². The largest absolute Gasteiger partial charge is 0.493 e. The van der Waals surface area contributed by atoms with E-state index in [0.29, 0.717) is 23.0 Å². The minimum atomic E-state index is -0.565. The van der Waals surface area contributed by atoms with Gasteiger partial charge in [-0.15, -0.1) is 0 Å². The van der Waals surface area contributed by atoms with Crippen molar-refractivity contribution in [3.05, 3.63) is 23.8 Å². The molecule has 0 radical (unpaired) electrons. The Morgan fingerprint density at radius 1 is 1.29 bits per heavy atom. The molecule has 2 N–H and O–H groups in total. The Balaban J connectivity index is 2.18. The number of amides is 2. The van der Waals surface area contributed by atoms with Gasteiger partial charge in [-0.1, -0.05) is 13.3 Å². The normalized spacial score (nSPS) is 20.5. The van der Waals surface area contributed by atoms with E-state index in [9.17, 15) is 9.59 Å². The summed E-state index contributed by atoms with van der Waals surface area (Å²) in [6.07, 6.45) is 3.28. The Morgan fingerprint density at radius 2 is 2.04 bits per heavy atom. The molecular formula is C18H26N2O4. The van der Waals surface area contributed by atoms with Gasteiger partial charge < -0.3 is 20.1 Å². The van der Waals surface area contributed by atoms with Crippen LogP contribution in [0.4, 0.5) is 0 Å². The highest BCUT2D eigenvalue weighted by Crippen LogP contribution is 2.30. The van der Waals surface area contributed by atoms with Crippen LogP contribution in [0, 0.1) is 5.92 Å². The molecule has 0 bridgehead atoms. The quantitative estimate of drug-likeness (QED) is 0.865. The molecule has 1 fully saturated rings. The van der Waals surface area contributed by atoms with Crippen LogP contribution in [0.5, 0.6) is 11.5 Å². The van der Waals surface area contributed by atoms with Crippen molar-refractivity contribution in [3.63, 3.8) is 0 Å². The molecule has 6 nitrogen and oxygen atoms in total. The van der Waals surface area contributed by atoms with Crippen LogP contribution >= 0.6 is 0 Å². The maximum atomic E-state index is 12.9. The van der Waals surface area contributed by atoms with E-state index >= 15 is 0 Å². The third kappa shape index (κ3) is 4.19. The Kier molecular flexibility index (Phi) is 6.06. The standard InChI is InChI=1S/C18H26N2O4/c1-4-13-6-5-12(2)20(10-13)18(22)14-7-8-15(16(9-14)23-3)24-11-17(19)21/h7-9,12-13H,4-6,10-11H2,1-3H3,(H2,19,21)/t12-,13+/m1/s1. The van der Waals surface area contributed by atoms with Crippen LogP contribution in [-0.2, 0) is 4.79 Å². The fraction of sp³-hybridized carbons (Fsp3) is 0.556. The number of hydrogen-bond donors (Lipinski definition) is 1. The molecule has 0 spiro atoms. The van der Waals surface area contributed by atoms with Crippen LogP contribution in [0.3, 0.4) is 0 Å². The lowest BCUT2D eigenvalue weighted by Crippen LogP contribution is -2.45. The highest BCUT2D eigenvalue weighted by molar-refractivity contribution is 5.95. The van der Waals surface area contributed by atoms with Crippen LogP contribution in [0.25, 0.3) is 0 Å². The third-order valence-electron chi connectivity index (χ3n) is 4.60. The molecular weight excluding hydrogens is 308 g/mol. The monoisotopic (exact) mass is 334 g/mol. The molecule has 1 aromatic rings. The summed E-state index contributed by atoms with van der Waals surface area (Å²) in [5.74, 6) is 0.806. The number of rotatable bonds is 6. The number of benzene rings is 1. The van der Waals surface area contributed by atoms with Crippen molar-refractivity contribution in [1.82, 2.24) is 4.90 Å². The minimum absolute atomic E-state index is 0.000372. The van der Waals surface area contributed by atoms with Gasteiger partial charge in [0.2, 0.25) is 0 Å². The van der Waals surface area contributed by atoms with Gasteiger partial charge in [0.25, 0.3) is 11.8 Å². The smallest absolute Gasteiger partial charge is 0.255 e. The summed E-state index contributed by atoms with van der Waals surface area (Å²) in [6.45, 7) is 4.81. The minimum Gasteiger partial charge on any atom is -0.493 e. The maximum Gasteiger partial charge on any atom is 0.255 e. The summed E-state index contributed by atoms with van der Waals surface area (Å²) in [4.78, 5) is 25.7. The molecule has 1 aromatic carbocycles. The molecule has 1 aliphatic heterocycles. The van der Waals surface area contributed by atoms with Crippen LogP contribution < -0.4 is 15.2 Å². The van der Waals surface area contributed by atoms with Gasteiger partial charge >= 0.3 is 0 Å². The highest BCUT2D eigenvalue weighted by Gasteiger charge is 2.29. The van der Waals surface area contributed by atoms with Gasteiger partial charge in [0.1, 0.15) is 0 Å². The van der Waals surface area contributed by atoms with Crippen molar-refractivity contribution in [2.24, 2.45) is 11.7 Å². The number of primary amides is 1. The number of methoxy groups -OCH3 is 1. The van der Waals surface area contributed by atoms with Crippen LogP contribution in [0.2, 0.25) is 0 Å². The number of piperidine rings is 1. The summed E-state index contributed by atoms with van der Waals surface area (Å²) in [7, 11) is 1.50. The SMILES string of the molecule is CC[C@H]1CC[C@@H](C)N(C(=O)c2ccc(OCC(N)=O)c(OC)c2)C1. The van der Waals surface area contributed by atoms with Crippen molar-refractivity contribution in [2.45, 2.75) is 39.2 Å². The molecule has 1 aliphatic rings. The van der Waals surface area contributed by atoms with Crippen LogP contribution in [-0.4, -0.2) is 43.0 Å². The first kappa shape index (κ1) is 18.1. The summed E-state index contributed by atoms with van der Waals surface area (Å²) >= 11 is 0. The van der Waals surface area contributed by atoms with Crippen molar-refractivity contribution >= 4 is 11.8 Å². The highest BCUT2D eigenvalue weighted by atomic mass is 16.5. The number of nitrogens with zero attached hydrogens (tertiary/aromatic N) is 1. The number of ether oxygens (including phenoxy) is 2. The van der Waals surface area contributed by atoms with E-state index in [2.05, 4.69) is 13.8 Å². The second kappa shape index (κ2) is 8.04. The molecule has 24 heavy (non-hydrogen) atoms. The Bertz CT molecular complexity index is 603. The number of carbonyl (C=O) groups excluding carboxylic acids is 2. The van der Waals surface area contributed by atoms with E-state index in [1.807, 2.05) is 4.90 Å². The van der Waals surface area contributed by atoms with Crippen LogP contribution in [0.15, 0.2) is 18.2 Å². The molecule has 6 heteroatoms. The van der Waals surface area contributed by atoms with Crippen molar-refractivity contribution < 1.29 is 19.1 Å². The second-order valence-corrected chi connectivity index (χ2v) is 6.28. The topological polar surface area (TPSA) is 81.9 Å². The molecule has 1 heterocycles. The van der Waals surface area contributed by atoms with Gasteiger partial charge in [-0.05, 0) is 43.9 Å². The summed E-state index contributed by atoms with van der Waals surface area (Å²) in [5.41, 5.74) is 5.64. The predicted octanol–water partition coefficient (Wildman–Crippen LogP) is 2.21. The lowest BCUT2D eigenvalue weighted by atomic mass is 9.91. The first-order chi connectivity index (χ1) is 11.5. The van der Waals surface area contributed by atoms with Crippen molar-refractivity contribution in [1.29, 1.82) is 0 Å². The summed E-state index contributed by atoms with van der Waals surface area (Å²) in [6, 6.07) is 5.22. The van der Waals surface area contributed by atoms with Crippen molar-refractivity contribution in [2.75, 3.05) is 20.3 Å². The predicted molar refractivity (Wildman–Crippen MR) is 91.2 cm³/mol. The molecule has 0 unspecified atom stereocenters. The van der Waals surface area contributed by atoms with Crippen molar-refractivity contribution in [3.8, 4) is 11.5 Å². The Morgan fingerprint density at radius 3 is 2.67 bits per heavy atom. The molecule has 0 aromatic heterocycles. The van der Waals surface area contributed by atoms with Gasteiger partial charge in [-0.2, -0.15) is 0 Å². The van der Waals surface area contributed by atoms with Gasteiger partial charge in [-0.25, -0.2) is 0 Å². The average molecular weight is 334 g/mol. The van der Waals surface area contributed by atoms with E-state index in [0.717, 1.165) is 19.4 Å². The first-order valence-corrected chi connectivity index (χ1v) is 8.36. The second-order valence-electron chi connectivity index (χ2n) is 6.28. The first-order valence-electron chi connectivity index (χ1n) is 8.36. The summed E-state index contributed by atoms with van der Waals surface area (Å²) < 4.78 is 10.6. The van der Waals surface area contributed by atoms with E-state index in [1.165, 1.54) is 13.5 Å². The molecule has 1 saturated heterocycles. The molecule has 0 aliphatic carbocycles. The zero-order valence-corrected chi connectivity index (χ0v) is 14.6. The zero-order chi connectivity index (χ0) is 17.7. The van der Waals surface area contributed by atoms with Gasteiger partial charge in [-0.3, -0.25) is 9.59 Å². The third-order valence-corrected chi connectivity index (χ3v) is 4.60. The summed E-state index contributed by atoms with van der Waals surface area (Å²) in [5, 5.41) is 0. The van der Waals surface area contributed by atoms with E-state index < -0.39 is 5.91 Å². The van der Waals surface area contributed by atoms with Crippen LogP contribution in [0.1, 0.15) is 43.5 Å². The molecule has 0 saturated carbocycles. The molecule has 2 rings (SSSR count). The van der Waals surface area contributed by atoms with E-state index in [1.54, 1.807) is 18.2 Å². The lowest BCUT2D eigenvalue weighted by molar-refractivity contribution is -0.119. The van der Waals surface area contributed by atoms with E-state index in [-0.39, 0.29) is 18.6 Å². The van der Waals surface area contributed by atoms with Gasteiger partial charge in [0.05, 0.1) is 7.11 Å². The Labute approximate surface area is 142 Å². The molecule has 2 amide bonds. The number of carbonyl (C=O) groups is 2.